The van der Waals surface area contributed by atoms with Crippen LogP contribution in [-0.2, 0) is 0 Å². The summed E-state index contributed by atoms with van der Waals surface area (Å²) in [5, 5.41) is 1.07. The van der Waals surface area contributed by atoms with E-state index in [1.807, 2.05) is 19.3 Å². The van der Waals surface area contributed by atoms with Crippen LogP contribution in [0.1, 0.15) is 13.8 Å². The second-order valence-electron chi connectivity index (χ2n) is 3.64. The summed E-state index contributed by atoms with van der Waals surface area (Å²) < 4.78 is 0. The Bertz CT molecular complexity index is 432. The van der Waals surface area contributed by atoms with Crippen molar-refractivity contribution in [2.75, 3.05) is 11.9 Å². The third kappa shape index (κ3) is 1.32. The Morgan fingerprint density at radius 2 is 2.14 bits per heavy atom. The molecule has 0 bridgehead atoms. The van der Waals surface area contributed by atoms with Crippen LogP contribution in [0, 0.1) is 0 Å². The van der Waals surface area contributed by atoms with E-state index in [0.29, 0.717) is 6.04 Å². The molecule has 2 aromatic rings. The molecular formula is C10H14N4. The third-order valence-corrected chi connectivity index (χ3v) is 2.44. The number of nitrogens with zero attached hydrogens (tertiary/aromatic N) is 3. The lowest BCUT2D eigenvalue weighted by Crippen LogP contribution is -2.26. The summed E-state index contributed by atoms with van der Waals surface area (Å²) in [6.45, 7) is 4.28. The summed E-state index contributed by atoms with van der Waals surface area (Å²) in [5.41, 5.74) is 0.891. The molecule has 0 aliphatic rings. The summed E-state index contributed by atoms with van der Waals surface area (Å²) in [7, 11) is 2.04. The molecule has 0 saturated heterocycles. The van der Waals surface area contributed by atoms with Crippen LogP contribution in [0.15, 0.2) is 18.6 Å². The molecule has 2 rings (SSSR count). The van der Waals surface area contributed by atoms with Gasteiger partial charge in [-0.2, -0.15) is 0 Å². The Hall–Kier alpha value is -1.58. The van der Waals surface area contributed by atoms with E-state index < -0.39 is 0 Å². The van der Waals surface area contributed by atoms with Crippen molar-refractivity contribution in [2.45, 2.75) is 19.9 Å². The maximum absolute atomic E-state index is 4.30. The number of H-pyrrole nitrogens is 1. The van der Waals surface area contributed by atoms with Crippen LogP contribution in [0.25, 0.3) is 11.0 Å². The highest BCUT2D eigenvalue weighted by molar-refractivity contribution is 5.87. The smallest absolute Gasteiger partial charge is 0.142 e. The maximum atomic E-state index is 4.30. The topological polar surface area (TPSA) is 44.8 Å². The molecule has 0 radical (unpaired) electrons. The number of aromatic nitrogens is 3. The number of hydrogen-bond donors (Lipinski definition) is 1. The average molecular weight is 190 g/mol. The van der Waals surface area contributed by atoms with E-state index >= 15 is 0 Å². The van der Waals surface area contributed by atoms with Crippen molar-refractivity contribution in [1.29, 1.82) is 0 Å². The lowest BCUT2D eigenvalue weighted by atomic mass is 10.3. The average Bonchev–Trinajstić information content (AvgIpc) is 2.63. The molecule has 14 heavy (non-hydrogen) atoms. The van der Waals surface area contributed by atoms with Gasteiger partial charge in [0, 0.05) is 19.3 Å². The lowest BCUT2D eigenvalue weighted by molar-refractivity contribution is 0.745. The molecule has 4 nitrogen and oxygen atoms in total. The molecule has 0 spiro atoms. The fraction of sp³-hybridized carbons (Fsp3) is 0.400. The molecule has 0 fully saturated rings. The largest absolute Gasteiger partial charge is 0.357 e. The Morgan fingerprint density at radius 1 is 1.36 bits per heavy atom. The quantitative estimate of drug-likeness (QED) is 0.785. The standard InChI is InChI=1S/C10H14N4/c1-7(2)14(3)10-8-4-5-11-9(8)12-6-13-10/h4-7H,1-3H3,(H,11,12,13). The van der Waals surface area contributed by atoms with Gasteiger partial charge in [-0.25, -0.2) is 9.97 Å². The molecule has 0 amide bonds. The maximum Gasteiger partial charge on any atom is 0.142 e. The molecule has 0 atom stereocenters. The van der Waals surface area contributed by atoms with Gasteiger partial charge in [0.2, 0.25) is 0 Å². The van der Waals surface area contributed by atoms with Gasteiger partial charge in [-0.3, -0.25) is 0 Å². The Kier molecular flexibility index (Phi) is 2.11. The second kappa shape index (κ2) is 3.29. The molecule has 0 saturated carbocycles. The number of hydrogen-bond acceptors (Lipinski definition) is 3. The van der Waals surface area contributed by atoms with Crippen LogP contribution in [0.3, 0.4) is 0 Å². The first-order chi connectivity index (χ1) is 6.70. The van der Waals surface area contributed by atoms with Crippen molar-refractivity contribution in [3.63, 3.8) is 0 Å². The summed E-state index contributed by atoms with van der Waals surface area (Å²) in [5.74, 6) is 0.978. The first-order valence-corrected chi connectivity index (χ1v) is 4.71. The van der Waals surface area contributed by atoms with Crippen LogP contribution < -0.4 is 4.90 Å². The van der Waals surface area contributed by atoms with Gasteiger partial charge in [0.15, 0.2) is 0 Å². The monoisotopic (exact) mass is 190 g/mol. The molecule has 74 valence electrons. The number of fused-ring (bicyclic) bond motifs is 1. The van der Waals surface area contributed by atoms with Crippen molar-refractivity contribution in [2.24, 2.45) is 0 Å². The highest BCUT2D eigenvalue weighted by atomic mass is 15.2. The fourth-order valence-electron chi connectivity index (χ4n) is 1.38. The van der Waals surface area contributed by atoms with Gasteiger partial charge in [-0.1, -0.05) is 0 Å². The Balaban J connectivity index is 2.56. The van der Waals surface area contributed by atoms with Crippen molar-refractivity contribution < 1.29 is 0 Å². The number of anilines is 1. The summed E-state index contributed by atoms with van der Waals surface area (Å²) >= 11 is 0. The van der Waals surface area contributed by atoms with Gasteiger partial charge in [0.1, 0.15) is 17.8 Å². The molecule has 4 heteroatoms. The molecule has 2 heterocycles. The first kappa shape index (κ1) is 8.99. The van der Waals surface area contributed by atoms with Crippen LogP contribution in [0.5, 0.6) is 0 Å². The van der Waals surface area contributed by atoms with Crippen LogP contribution in [0.4, 0.5) is 5.82 Å². The molecule has 0 unspecified atom stereocenters. The van der Waals surface area contributed by atoms with Gasteiger partial charge in [0.25, 0.3) is 0 Å². The zero-order chi connectivity index (χ0) is 10.1. The SMILES string of the molecule is CC(C)N(C)c1ncnc2[nH]ccc12. The second-order valence-corrected chi connectivity index (χ2v) is 3.64. The van der Waals surface area contributed by atoms with Gasteiger partial charge < -0.3 is 9.88 Å². The van der Waals surface area contributed by atoms with E-state index in [9.17, 15) is 0 Å². The van der Waals surface area contributed by atoms with E-state index in [2.05, 4.69) is 33.7 Å². The van der Waals surface area contributed by atoms with E-state index in [4.69, 9.17) is 0 Å². The summed E-state index contributed by atoms with van der Waals surface area (Å²) in [6, 6.07) is 2.44. The third-order valence-electron chi connectivity index (χ3n) is 2.44. The molecule has 2 aromatic heterocycles. The highest BCUT2D eigenvalue weighted by Gasteiger charge is 2.10. The van der Waals surface area contributed by atoms with Crippen LogP contribution in [0.2, 0.25) is 0 Å². The molecule has 0 aliphatic carbocycles. The normalized spacial score (nSPS) is 11.1. The Labute approximate surface area is 83.0 Å². The van der Waals surface area contributed by atoms with Gasteiger partial charge in [0.05, 0.1) is 5.39 Å². The molecule has 0 aliphatic heterocycles. The highest BCUT2D eigenvalue weighted by Crippen LogP contribution is 2.21. The first-order valence-electron chi connectivity index (χ1n) is 4.71. The van der Waals surface area contributed by atoms with Crippen molar-refractivity contribution >= 4 is 16.9 Å². The summed E-state index contributed by atoms with van der Waals surface area (Å²) in [6.07, 6.45) is 3.48. The minimum Gasteiger partial charge on any atom is -0.357 e. The predicted octanol–water partition coefficient (Wildman–Crippen LogP) is 1.80. The van der Waals surface area contributed by atoms with E-state index in [0.717, 1.165) is 16.9 Å². The van der Waals surface area contributed by atoms with Crippen LogP contribution >= 0.6 is 0 Å². The Morgan fingerprint density at radius 3 is 2.86 bits per heavy atom. The van der Waals surface area contributed by atoms with E-state index in [1.165, 1.54) is 0 Å². The predicted molar refractivity (Wildman–Crippen MR) is 57.4 cm³/mol. The minimum absolute atomic E-state index is 0.433. The zero-order valence-electron chi connectivity index (χ0n) is 8.65. The van der Waals surface area contributed by atoms with E-state index in [-0.39, 0.29) is 0 Å². The minimum atomic E-state index is 0.433. The molecular weight excluding hydrogens is 176 g/mol. The van der Waals surface area contributed by atoms with E-state index in [1.54, 1.807) is 6.33 Å². The van der Waals surface area contributed by atoms with Crippen molar-refractivity contribution in [3.8, 4) is 0 Å². The van der Waals surface area contributed by atoms with Gasteiger partial charge >= 0.3 is 0 Å². The summed E-state index contributed by atoms with van der Waals surface area (Å²) in [4.78, 5) is 13.7. The van der Waals surface area contributed by atoms with Gasteiger partial charge in [-0.05, 0) is 19.9 Å². The fourth-order valence-corrected chi connectivity index (χ4v) is 1.38. The number of aromatic amines is 1. The lowest BCUT2D eigenvalue weighted by Gasteiger charge is -2.22. The van der Waals surface area contributed by atoms with Gasteiger partial charge in [-0.15, -0.1) is 0 Å². The number of nitrogens with one attached hydrogen (secondary N) is 1. The molecule has 1 N–H and O–H groups in total. The van der Waals surface area contributed by atoms with Crippen LogP contribution in [-0.4, -0.2) is 28.0 Å². The molecule has 0 aromatic carbocycles. The number of rotatable bonds is 2. The zero-order valence-corrected chi connectivity index (χ0v) is 8.65. The van der Waals surface area contributed by atoms with Crippen molar-refractivity contribution in [3.05, 3.63) is 18.6 Å². The van der Waals surface area contributed by atoms with Crippen molar-refractivity contribution in [1.82, 2.24) is 15.0 Å².